The Morgan fingerprint density at radius 1 is 1.07 bits per heavy atom. The van der Waals surface area contributed by atoms with Crippen molar-refractivity contribution in [1.82, 2.24) is 14.4 Å². The van der Waals surface area contributed by atoms with Crippen LogP contribution in [0, 0.1) is 26.7 Å². The number of carbonyl (C=O) groups excluding carboxylic acids is 1. The molecule has 2 aromatic carbocycles. The topological polar surface area (TPSA) is 143 Å². The van der Waals surface area contributed by atoms with E-state index in [1.165, 1.54) is 24.4 Å². The van der Waals surface area contributed by atoms with E-state index in [1.807, 2.05) is 51.5 Å². The number of aromatic nitrogens is 2. The Hall–Kier alpha value is -4.35. The SMILES string of the molecule is Cc1cc(C)c(Oc2nc(-c3cc(OCC(C)C)ccc3Cl)ccc2C(=O)NS(=O)(=O)c2cccn(N)c2=O)c(C)c1. The van der Waals surface area contributed by atoms with Crippen LogP contribution in [0.25, 0.3) is 11.3 Å². The zero-order chi connectivity index (χ0) is 30.8. The van der Waals surface area contributed by atoms with Crippen LogP contribution in [0.4, 0.5) is 0 Å². The van der Waals surface area contributed by atoms with Gasteiger partial charge >= 0.3 is 0 Å². The number of carbonyl (C=O) groups is 1. The van der Waals surface area contributed by atoms with Gasteiger partial charge in [0.2, 0.25) is 5.88 Å². The predicted octanol–water partition coefficient (Wildman–Crippen LogP) is 5.15. The summed E-state index contributed by atoms with van der Waals surface area (Å²) in [6.45, 7) is 10.2. The highest BCUT2D eigenvalue weighted by Gasteiger charge is 2.26. The fraction of sp³-hybridized carbons (Fsp3) is 0.233. The number of aryl methyl sites for hydroxylation is 3. The maximum Gasteiger partial charge on any atom is 0.289 e. The second-order valence-electron chi connectivity index (χ2n) is 10.2. The van der Waals surface area contributed by atoms with Crippen molar-refractivity contribution in [3.63, 3.8) is 0 Å². The van der Waals surface area contributed by atoms with Gasteiger partial charge in [-0.2, -0.15) is 0 Å². The molecule has 0 atom stereocenters. The molecule has 0 bridgehead atoms. The first-order chi connectivity index (χ1) is 19.8. The summed E-state index contributed by atoms with van der Waals surface area (Å²) in [6.07, 6.45) is 1.19. The van der Waals surface area contributed by atoms with Gasteiger partial charge in [0.15, 0.2) is 4.90 Å². The molecule has 3 N–H and O–H groups in total. The van der Waals surface area contributed by atoms with Crippen LogP contribution in [0.1, 0.15) is 40.9 Å². The van der Waals surface area contributed by atoms with Crippen molar-refractivity contribution in [3.8, 4) is 28.6 Å². The molecule has 0 saturated heterocycles. The van der Waals surface area contributed by atoms with E-state index in [1.54, 1.807) is 18.2 Å². The zero-order valence-electron chi connectivity index (χ0n) is 23.8. The van der Waals surface area contributed by atoms with Gasteiger partial charge in [-0.25, -0.2) is 22.8 Å². The molecule has 10 nitrogen and oxygen atoms in total. The fourth-order valence-electron chi connectivity index (χ4n) is 4.24. The first kappa shape index (κ1) is 30.6. The van der Waals surface area contributed by atoms with Crippen LogP contribution in [0.2, 0.25) is 5.02 Å². The summed E-state index contributed by atoms with van der Waals surface area (Å²) in [7, 11) is -4.59. The van der Waals surface area contributed by atoms with E-state index in [-0.39, 0.29) is 11.4 Å². The number of pyridine rings is 2. The molecule has 0 unspecified atom stereocenters. The molecular formula is C30H31ClN4O6S. The second kappa shape index (κ2) is 12.3. The number of sulfonamides is 1. The third-order valence-electron chi connectivity index (χ3n) is 6.16. The number of nitrogens with zero attached hydrogens (tertiary/aromatic N) is 2. The number of amides is 1. The highest BCUT2D eigenvalue weighted by atomic mass is 35.5. The summed E-state index contributed by atoms with van der Waals surface area (Å²) in [5.74, 6) is 5.64. The van der Waals surface area contributed by atoms with Crippen LogP contribution in [0.3, 0.4) is 0 Å². The van der Waals surface area contributed by atoms with Crippen LogP contribution in [0.5, 0.6) is 17.4 Å². The van der Waals surface area contributed by atoms with Crippen molar-refractivity contribution >= 4 is 27.5 Å². The number of nitrogens with two attached hydrogens (primary N) is 1. The third-order valence-corrected chi connectivity index (χ3v) is 7.84. The Balaban J connectivity index is 1.80. The Bertz CT molecular complexity index is 1810. The van der Waals surface area contributed by atoms with Gasteiger partial charge in [0.05, 0.1) is 17.3 Å². The summed E-state index contributed by atoms with van der Waals surface area (Å²) < 4.78 is 40.6. The van der Waals surface area contributed by atoms with Crippen molar-refractivity contribution in [2.75, 3.05) is 12.4 Å². The number of rotatable bonds is 9. The number of nitrogens with one attached hydrogen (secondary N) is 1. The molecule has 0 aliphatic rings. The largest absolute Gasteiger partial charge is 0.493 e. The minimum atomic E-state index is -4.59. The smallest absolute Gasteiger partial charge is 0.289 e. The zero-order valence-corrected chi connectivity index (χ0v) is 25.3. The van der Waals surface area contributed by atoms with Crippen molar-refractivity contribution < 1.29 is 22.7 Å². The highest BCUT2D eigenvalue weighted by Crippen LogP contribution is 2.35. The lowest BCUT2D eigenvalue weighted by molar-refractivity contribution is 0.0978. The van der Waals surface area contributed by atoms with E-state index in [0.29, 0.717) is 45.0 Å². The summed E-state index contributed by atoms with van der Waals surface area (Å²) in [5.41, 5.74) is 2.29. The van der Waals surface area contributed by atoms with E-state index < -0.39 is 26.4 Å². The molecule has 12 heteroatoms. The van der Waals surface area contributed by atoms with E-state index >= 15 is 0 Å². The molecule has 0 aliphatic heterocycles. The van der Waals surface area contributed by atoms with Crippen LogP contribution < -0.4 is 25.6 Å². The summed E-state index contributed by atoms with van der Waals surface area (Å²) in [4.78, 5) is 29.6. The predicted molar refractivity (Wildman–Crippen MR) is 161 cm³/mol. The Labute approximate surface area is 249 Å². The molecule has 0 saturated carbocycles. The van der Waals surface area contributed by atoms with Gasteiger partial charge in [0.1, 0.15) is 17.1 Å². The number of halogens is 1. The summed E-state index contributed by atoms with van der Waals surface area (Å²) in [6, 6.07) is 14.2. The maximum absolute atomic E-state index is 13.4. The molecule has 4 aromatic rings. The number of benzene rings is 2. The number of nitrogen functional groups attached to an aromatic ring is 1. The molecule has 220 valence electrons. The third kappa shape index (κ3) is 6.75. The Morgan fingerprint density at radius 3 is 2.43 bits per heavy atom. The summed E-state index contributed by atoms with van der Waals surface area (Å²) >= 11 is 6.52. The normalized spacial score (nSPS) is 11.4. The average Bonchev–Trinajstić information content (AvgIpc) is 2.91. The van der Waals surface area contributed by atoms with E-state index in [4.69, 9.17) is 26.9 Å². The first-order valence-electron chi connectivity index (χ1n) is 13.0. The fourth-order valence-corrected chi connectivity index (χ4v) is 5.52. The molecule has 0 fully saturated rings. The Morgan fingerprint density at radius 2 is 1.76 bits per heavy atom. The molecular weight excluding hydrogens is 580 g/mol. The summed E-state index contributed by atoms with van der Waals surface area (Å²) in [5, 5.41) is 0.384. The molecule has 0 aliphatic carbocycles. The second-order valence-corrected chi connectivity index (χ2v) is 12.3. The van der Waals surface area contributed by atoms with Gasteiger partial charge in [0, 0.05) is 11.8 Å². The van der Waals surface area contributed by atoms with Crippen LogP contribution in [0.15, 0.2) is 70.5 Å². The van der Waals surface area contributed by atoms with Gasteiger partial charge < -0.3 is 15.3 Å². The number of hydrogen-bond acceptors (Lipinski definition) is 8. The van der Waals surface area contributed by atoms with Crippen LogP contribution in [-0.4, -0.2) is 30.6 Å². The standard InChI is InChI=1S/C30H31ClN4O6S/c1-17(2)16-40-21-8-10-24(31)23(15-21)25-11-9-22(29(33-25)41-27-19(4)13-18(3)14-20(27)5)28(36)34-42(38,39)26-7-6-12-35(32)30(26)37/h6-15,17H,16,32H2,1-5H3,(H,34,36). The lowest BCUT2D eigenvalue weighted by atomic mass is 10.1. The van der Waals surface area contributed by atoms with E-state index in [9.17, 15) is 18.0 Å². The van der Waals surface area contributed by atoms with Crippen LogP contribution in [-0.2, 0) is 10.0 Å². The molecule has 4 rings (SSSR count). The van der Waals surface area contributed by atoms with Crippen molar-refractivity contribution in [2.24, 2.45) is 5.92 Å². The molecule has 2 heterocycles. The van der Waals surface area contributed by atoms with Crippen LogP contribution >= 0.6 is 11.6 Å². The van der Waals surface area contributed by atoms with Gasteiger partial charge in [-0.1, -0.05) is 43.1 Å². The van der Waals surface area contributed by atoms with E-state index in [0.717, 1.165) is 22.8 Å². The molecule has 0 radical (unpaired) electrons. The first-order valence-corrected chi connectivity index (χ1v) is 14.9. The van der Waals surface area contributed by atoms with Crippen molar-refractivity contribution in [2.45, 2.75) is 39.5 Å². The molecule has 42 heavy (non-hydrogen) atoms. The molecule has 2 aromatic heterocycles. The maximum atomic E-state index is 13.4. The Kier molecular flexibility index (Phi) is 8.93. The van der Waals surface area contributed by atoms with Gasteiger partial charge in [0.25, 0.3) is 21.5 Å². The van der Waals surface area contributed by atoms with E-state index in [2.05, 4.69) is 4.98 Å². The molecule has 1 amide bonds. The van der Waals surface area contributed by atoms with Gasteiger partial charge in [-0.15, -0.1) is 0 Å². The monoisotopic (exact) mass is 610 g/mol. The lowest BCUT2D eigenvalue weighted by Gasteiger charge is -2.16. The van der Waals surface area contributed by atoms with Gasteiger partial charge in [-0.3, -0.25) is 9.59 Å². The van der Waals surface area contributed by atoms with Gasteiger partial charge in [-0.05, 0) is 80.3 Å². The highest BCUT2D eigenvalue weighted by molar-refractivity contribution is 7.90. The minimum Gasteiger partial charge on any atom is -0.493 e. The van der Waals surface area contributed by atoms with Crippen molar-refractivity contribution in [3.05, 3.63) is 98.4 Å². The molecule has 0 spiro atoms. The van der Waals surface area contributed by atoms with Crippen molar-refractivity contribution in [1.29, 1.82) is 0 Å². The average molecular weight is 611 g/mol. The quantitative estimate of drug-likeness (QED) is 0.248. The lowest BCUT2D eigenvalue weighted by Crippen LogP contribution is -2.37. The number of hydrogen-bond donors (Lipinski definition) is 2. The number of ether oxygens (including phenoxy) is 2. The minimum absolute atomic E-state index is 0.163.